The summed E-state index contributed by atoms with van der Waals surface area (Å²) in [7, 11) is 5.58. The van der Waals surface area contributed by atoms with Crippen LogP contribution in [0.25, 0.3) is 0 Å². The minimum Gasteiger partial charge on any atom is -0.336 e. The van der Waals surface area contributed by atoms with Crippen molar-refractivity contribution in [2.24, 2.45) is 0 Å². The lowest BCUT2D eigenvalue weighted by Gasteiger charge is -1.89. The van der Waals surface area contributed by atoms with Gasteiger partial charge < -0.3 is 9.07 Å². The first-order valence-electron chi connectivity index (χ1n) is 4.29. The normalized spacial score (nSPS) is 11.1. The standard InChI is InChI=1S/C9H15.ClH.Mg/c1-3-5-7-9-8-6-4-2;;/h1,3,5,7H,4,6,8-9H2,2H3;1H;/q;;+1/p-1. The Kier molecular flexibility index (Phi) is 11.0. The number of hydrogen-bond donors (Lipinski definition) is 0. The summed E-state index contributed by atoms with van der Waals surface area (Å²) >= 11 is -0.389. The van der Waals surface area contributed by atoms with Gasteiger partial charge in [0.15, 0.2) is 0 Å². The van der Waals surface area contributed by atoms with Gasteiger partial charge in [-0.3, -0.25) is 0 Å². The molecule has 60 valence electrons. The van der Waals surface area contributed by atoms with Crippen molar-refractivity contribution in [3.05, 3.63) is 22.4 Å². The number of hydrogen-bond acceptors (Lipinski definition) is 0. The van der Waals surface area contributed by atoms with Crippen LogP contribution in [0.1, 0.15) is 32.6 Å². The molecule has 0 aromatic heterocycles. The zero-order valence-electron chi connectivity index (χ0n) is 7.22. The molecule has 0 N–H and O–H groups in total. The van der Waals surface area contributed by atoms with Crippen LogP contribution >= 0.6 is 9.07 Å². The van der Waals surface area contributed by atoms with Crippen LogP contribution in [0, 0.1) is 0 Å². The van der Waals surface area contributed by atoms with Crippen LogP contribution in [0.5, 0.6) is 0 Å². The molecule has 0 saturated heterocycles. The average molecular weight is 183 g/mol. The van der Waals surface area contributed by atoms with Gasteiger partial charge in [0.05, 0.1) is 0 Å². The summed E-state index contributed by atoms with van der Waals surface area (Å²) in [5, 5.41) is 0. The van der Waals surface area contributed by atoms with E-state index in [1.165, 1.54) is 25.7 Å². The lowest BCUT2D eigenvalue weighted by Crippen LogP contribution is -1.70. The molecule has 11 heavy (non-hydrogen) atoms. The third kappa shape index (κ3) is 10.5. The molecule has 0 saturated carbocycles. The van der Waals surface area contributed by atoms with Gasteiger partial charge in [0.25, 0.3) is 0 Å². The van der Waals surface area contributed by atoms with Crippen LogP contribution < -0.4 is 0 Å². The molecule has 0 bridgehead atoms. The van der Waals surface area contributed by atoms with E-state index in [2.05, 4.69) is 29.4 Å². The highest BCUT2D eigenvalue weighted by Gasteiger charge is 1.80. The van der Waals surface area contributed by atoms with Crippen LogP contribution in [0.4, 0.5) is 0 Å². The molecular weight excluding hydrogens is 168 g/mol. The zero-order chi connectivity index (χ0) is 8.36. The van der Waals surface area contributed by atoms with Crippen LogP contribution in [0.3, 0.4) is 0 Å². The summed E-state index contributed by atoms with van der Waals surface area (Å²) in [6.07, 6.45) is 11.6. The Morgan fingerprint density at radius 3 is 2.73 bits per heavy atom. The van der Waals surface area contributed by atoms with Crippen molar-refractivity contribution in [3.8, 4) is 0 Å². The van der Waals surface area contributed by atoms with Crippen molar-refractivity contribution >= 4 is 28.3 Å². The number of unbranched alkanes of at least 4 members (excludes halogenated alkanes) is 3. The van der Waals surface area contributed by atoms with Crippen molar-refractivity contribution in [2.75, 3.05) is 0 Å². The molecule has 0 aliphatic heterocycles. The molecule has 0 fully saturated rings. The van der Waals surface area contributed by atoms with E-state index >= 15 is 0 Å². The molecule has 0 radical (unpaired) electrons. The van der Waals surface area contributed by atoms with Gasteiger partial charge in [-0.05, 0) is 12.8 Å². The first-order valence-corrected chi connectivity index (χ1v) is 7.25. The molecule has 0 aliphatic rings. The van der Waals surface area contributed by atoms with Gasteiger partial charge >= 0.3 is 19.3 Å². The van der Waals surface area contributed by atoms with Crippen molar-refractivity contribution in [1.29, 1.82) is 0 Å². The fourth-order valence-corrected chi connectivity index (χ4v) is 1.39. The molecule has 0 rings (SSSR count). The van der Waals surface area contributed by atoms with E-state index in [1.807, 2.05) is 0 Å². The molecular formula is C9H15ClMg. The molecule has 0 amide bonds. The highest BCUT2D eigenvalue weighted by atomic mass is 35.5. The fourth-order valence-electron chi connectivity index (χ4n) is 0.817. The quantitative estimate of drug-likeness (QED) is 0.335. The van der Waals surface area contributed by atoms with Crippen LogP contribution in [0.15, 0.2) is 22.4 Å². The SMILES string of the molecule is CCCCCC=CC=[CH][Mg][Cl]. The number of rotatable bonds is 6. The van der Waals surface area contributed by atoms with E-state index < -0.39 is 0 Å². The Balaban J connectivity index is 3.09. The van der Waals surface area contributed by atoms with Gasteiger partial charge in [-0.15, -0.1) is 0 Å². The maximum Gasteiger partial charge on any atom is 0.531 e. The molecule has 0 heterocycles. The second-order valence-electron chi connectivity index (χ2n) is 2.51. The second-order valence-corrected chi connectivity index (χ2v) is 4.21. The highest BCUT2D eigenvalue weighted by molar-refractivity contribution is 6.96. The van der Waals surface area contributed by atoms with Gasteiger partial charge in [-0.25, -0.2) is 0 Å². The zero-order valence-corrected chi connectivity index (χ0v) is 9.39. The van der Waals surface area contributed by atoms with E-state index in [0.29, 0.717) is 0 Å². The molecule has 0 aliphatic carbocycles. The average Bonchev–Trinajstić information content (AvgIpc) is 2.03. The van der Waals surface area contributed by atoms with Crippen LogP contribution in [-0.4, -0.2) is 19.3 Å². The van der Waals surface area contributed by atoms with Crippen LogP contribution in [-0.2, 0) is 0 Å². The maximum atomic E-state index is 5.58. The summed E-state index contributed by atoms with van der Waals surface area (Å²) in [6.45, 7) is 2.22. The number of allylic oxidation sites excluding steroid dienone is 3. The highest BCUT2D eigenvalue weighted by Crippen LogP contribution is 1.99. The maximum absolute atomic E-state index is 5.58. The largest absolute Gasteiger partial charge is 0.531 e. The monoisotopic (exact) mass is 182 g/mol. The minimum absolute atomic E-state index is 0.389. The van der Waals surface area contributed by atoms with Crippen molar-refractivity contribution in [2.45, 2.75) is 32.6 Å². The topological polar surface area (TPSA) is 0 Å². The first kappa shape index (κ1) is 11.5. The smallest absolute Gasteiger partial charge is 0.336 e. The predicted molar refractivity (Wildman–Crippen MR) is 54.0 cm³/mol. The van der Waals surface area contributed by atoms with Crippen molar-refractivity contribution in [3.63, 3.8) is 0 Å². The molecule has 0 aromatic rings. The van der Waals surface area contributed by atoms with Gasteiger partial charge in [-0.1, -0.05) is 38.0 Å². The first-order chi connectivity index (χ1) is 5.41. The summed E-state index contributed by atoms with van der Waals surface area (Å²) in [6, 6.07) is 0. The van der Waals surface area contributed by atoms with Gasteiger partial charge in [-0.2, -0.15) is 4.21 Å². The van der Waals surface area contributed by atoms with E-state index in [4.69, 9.17) is 9.07 Å². The Morgan fingerprint density at radius 1 is 1.27 bits per heavy atom. The Bertz CT molecular complexity index is 119. The fraction of sp³-hybridized carbons (Fsp3) is 0.556. The van der Waals surface area contributed by atoms with Crippen LogP contribution in [0.2, 0.25) is 0 Å². The van der Waals surface area contributed by atoms with Crippen molar-refractivity contribution in [1.82, 2.24) is 0 Å². The minimum atomic E-state index is -0.389. The predicted octanol–water partition coefficient (Wildman–Crippen LogP) is 3.49. The van der Waals surface area contributed by atoms with E-state index in [1.54, 1.807) is 0 Å². The third-order valence-corrected chi connectivity index (χ3v) is 2.43. The third-order valence-electron chi connectivity index (χ3n) is 1.45. The van der Waals surface area contributed by atoms with Gasteiger partial charge in [0.2, 0.25) is 0 Å². The van der Waals surface area contributed by atoms with Crippen molar-refractivity contribution < 1.29 is 0 Å². The Morgan fingerprint density at radius 2 is 2.09 bits per heavy atom. The Hall–Kier alpha value is 0.536. The van der Waals surface area contributed by atoms with E-state index in [0.717, 1.165) is 0 Å². The summed E-state index contributed by atoms with van der Waals surface area (Å²) in [4.78, 5) is 0. The second kappa shape index (κ2) is 10.5. The Labute approximate surface area is 83.2 Å². The van der Waals surface area contributed by atoms with E-state index in [-0.39, 0.29) is 19.3 Å². The lowest BCUT2D eigenvalue weighted by atomic mass is 10.2. The lowest BCUT2D eigenvalue weighted by molar-refractivity contribution is 0.729. The molecule has 0 unspecified atom stereocenters. The molecule has 0 aromatic carbocycles. The summed E-state index contributed by atoms with van der Waals surface area (Å²) in [5.74, 6) is 0. The number of halogens is 1. The molecule has 0 spiro atoms. The van der Waals surface area contributed by atoms with Gasteiger partial charge in [0, 0.05) is 0 Å². The van der Waals surface area contributed by atoms with Gasteiger partial charge in [0.1, 0.15) is 0 Å². The molecule has 0 atom stereocenters. The van der Waals surface area contributed by atoms with E-state index in [9.17, 15) is 0 Å². The molecule has 0 nitrogen and oxygen atoms in total. The summed E-state index contributed by atoms with van der Waals surface area (Å²) in [5.41, 5.74) is 0. The summed E-state index contributed by atoms with van der Waals surface area (Å²) < 4.78 is 2.08. The molecule has 2 heteroatoms.